The molecule has 0 saturated carbocycles. The van der Waals surface area contributed by atoms with Crippen molar-refractivity contribution in [3.63, 3.8) is 0 Å². The highest BCUT2D eigenvalue weighted by atomic mass is 16.5. The first-order chi connectivity index (χ1) is 14.8. The van der Waals surface area contributed by atoms with Crippen LogP contribution in [0, 0.1) is 0 Å². The van der Waals surface area contributed by atoms with Crippen LogP contribution in [0.3, 0.4) is 0 Å². The summed E-state index contributed by atoms with van der Waals surface area (Å²) in [7, 11) is 3.03. The number of amides is 1. The van der Waals surface area contributed by atoms with Crippen molar-refractivity contribution >= 4 is 5.91 Å². The van der Waals surface area contributed by atoms with E-state index in [4.69, 9.17) is 9.47 Å². The number of ether oxygens (including phenoxy) is 2. The van der Waals surface area contributed by atoms with Gasteiger partial charge in [-0.05, 0) is 43.7 Å². The minimum absolute atomic E-state index is 0.0523. The summed E-state index contributed by atoms with van der Waals surface area (Å²) in [6.45, 7) is 3.48. The number of benzene rings is 2. The van der Waals surface area contributed by atoms with Gasteiger partial charge in [0.15, 0.2) is 0 Å². The Balaban J connectivity index is 2.21. The zero-order valence-corrected chi connectivity index (χ0v) is 17.8. The number of nitrogens with zero attached hydrogens (tertiary/aromatic N) is 3. The molecule has 162 valence electrons. The Kier molecular flexibility index (Phi) is 6.54. The van der Waals surface area contributed by atoms with E-state index in [0.717, 1.165) is 9.25 Å². The summed E-state index contributed by atoms with van der Waals surface area (Å²) >= 11 is 0. The molecule has 9 heteroatoms. The van der Waals surface area contributed by atoms with Gasteiger partial charge in [0.25, 0.3) is 11.5 Å². The molecule has 1 aromatic heterocycles. The maximum atomic E-state index is 13.2. The number of nitrogens with one attached hydrogen (secondary N) is 1. The molecule has 0 fully saturated rings. The first-order valence-corrected chi connectivity index (χ1v) is 9.66. The van der Waals surface area contributed by atoms with Crippen LogP contribution >= 0.6 is 0 Å². The topological polar surface area (TPSA) is 104 Å². The maximum Gasteiger partial charge on any atom is 0.352 e. The Labute approximate surface area is 178 Å². The van der Waals surface area contributed by atoms with Crippen molar-refractivity contribution < 1.29 is 14.3 Å². The van der Waals surface area contributed by atoms with Gasteiger partial charge in [-0.1, -0.05) is 18.2 Å². The third-order valence-electron chi connectivity index (χ3n) is 4.47. The van der Waals surface area contributed by atoms with Crippen LogP contribution in [0.5, 0.6) is 11.5 Å². The van der Waals surface area contributed by atoms with E-state index in [1.54, 1.807) is 62.4 Å². The van der Waals surface area contributed by atoms with E-state index in [1.165, 1.54) is 14.2 Å². The molecule has 0 aliphatic rings. The number of methoxy groups -OCH3 is 2. The largest absolute Gasteiger partial charge is 0.497 e. The van der Waals surface area contributed by atoms with Crippen LogP contribution in [0.1, 0.15) is 29.9 Å². The fraction of sp³-hybridized carbons (Fsp3) is 0.273. The Morgan fingerprint density at radius 2 is 1.68 bits per heavy atom. The van der Waals surface area contributed by atoms with Gasteiger partial charge in [-0.3, -0.25) is 14.2 Å². The molecule has 0 saturated heterocycles. The van der Waals surface area contributed by atoms with Crippen molar-refractivity contribution in [1.29, 1.82) is 0 Å². The van der Waals surface area contributed by atoms with Gasteiger partial charge in [0, 0.05) is 12.1 Å². The molecule has 0 radical (unpaired) electrons. The van der Waals surface area contributed by atoms with Gasteiger partial charge in [0.1, 0.15) is 11.5 Å². The zero-order chi connectivity index (χ0) is 22.5. The Bertz CT molecular complexity index is 1210. The lowest BCUT2D eigenvalue weighted by Gasteiger charge is -2.14. The van der Waals surface area contributed by atoms with Crippen LogP contribution in [-0.4, -0.2) is 40.5 Å². The molecule has 0 spiro atoms. The van der Waals surface area contributed by atoms with Gasteiger partial charge in [0.2, 0.25) is 5.69 Å². The van der Waals surface area contributed by atoms with Crippen LogP contribution in [0.2, 0.25) is 0 Å². The van der Waals surface area contributed by atoms with E-state index in [1.807, 2.05) is 0 Å². The lowest BCUT2D eigenvalue weighted by atomic mass is 10.2. The van der Waals surface area contributed by atoms with Gasteiger partial charge in [-0.2, -0.15) is 9.78 Å². The SMILES string of the molecule is COc1cccc(Cn2c(=O)c(C(=O)NC(C)C)nn(-c3cccc(OC)c3)c2=O)c1. The standard InChI is InChI=1S/C22H24N4O5/c1-14(2)23-20(27)19-21(28)25(13-15-7-5-9-17(11-15)30-3)22(29)26(24-19)16-8-6-10-18(12-16)31-4/h5-12,14H,13H2,1-4H3,(H,23,27). The minimum atomic E-state index is -0.773. The fourth-order valence-corrected chi connectivity index (χ4v) is 2.99. The highest BCUT2D eigenvalue weighted by Crippen LogP contribution is 2.15. The summed E-state index contributed by atoms with van der Waals surface area (Å²) < 4.78 is 12.4. The predicted molar refractivity (Wildman–Crippen MR) is 115 cm³/mol. The number of hydrogen-bond donors (Lipinski definition) is 1. The summed E-state index contributed by atoms with van der Waals surface area (Å²) in [5.74, 6) is 0.437. The molecular formula is C22H24N4O5. The Morgan fingerprint density at radius 1 is 1.03 bits per heavy atom. The number of carbonyl (C=O) groups excluding carboxylic acids is 1. The smallest absolute Gasteiger partial charge is 0.352 e. The zero-order valence-electron chi connectivity index (χ0n) is 17.8. The van der Waals surface area contributed by atoms with E-state index in [0.29, 0.717) is 22.7 Å². The lowest BCUT2D eigenvalue weighted by molar-refractivity contribution is 0.0933. The van der Waals surface area contributed by atoms with Gasteiger partial charge >= 0.3 is 5.69 Å². The summed E-state index contributed by atoms with van der Waals surface area (Å²) in [5, 5.41) is 6.74. The van der Waals surface area contributed by atoms with Crippen molar-refractivity contribution in [3.05, 3.63) is 80.6 Å². The third kappa shape index (κ3) is 4.82. The summed E-state index contributed by atoms with van der Waals surface area (Å²) in [6, 6.07) is 13.4. The first kappa shape index (κ1) is 21.8. The molecule has 1 N–H and O–H groups in total. The van der Waals surface area contributed by atoms with Crippen LogP contribution in [0.4, 0.5) is 0 Å². The Morgan fingerprint density at radius 3 is 2.32 bits per heavy atom. The van der Waals surface area contributed by atoms with Gasteiger partial charge in [0.05, 0.1) is 26.5 Å². The predicted octanol–water partition coefficient (Wildman–Crippen LogP) is 1.60. The molecule has 31 heavy (non-hydrogen) atoms. The van der Waals surface area contributed by atoms with Crippen molar-refractivity contribution in [1.82, 2.24) is 19.7 Å². The van der Waals surface area contributed by atoms with E-state index in [2.05, 4.69) is 10.4 Å². The molecular weight excluding hydrogens is 400 g/mol. The molecule has 0 unspecified atom stereocenters. The van der Waals surface area contributed by atoms with Crippen LogP contribution in [0.25, 0.3) is 5.69 Å². The highest BCUT2D eigenvalue weighted by Gasteiger charge is 2.21. The van der Waals surface area contributed by atoms with Crippen LogP contribution in [0.15, 0.2) is 58.1 Å². The average molecular weight is 424 g/mol. The Hall–Kier alpha value is -3.88. The molecule has 1 heterocycles. The van der Waals surface area contributed by atoms with Gasteiger partial charge < -0.3 is 14.8 Å². The summed E-state index contributed by atoms with van der Waals surface area (Å²) in [5.41, 5.74) is -0.800. The molecule has 0 aliphatic heterocycles. The number of hydrogen-bond acceptors (Lipinski definition) is 6. The number of aromatic nitrogens is 3. The molecule has 0 aliphatic carbocycles. The van der Waals surface area contributed by atoms with Crippen molar-refractivity contribution in [2.45, 2.75) is 26.4 Å². The van der Waals surface area contributed by atoms with E-state index >= 15 is 0 Å². The number of carbonyl (C=O) groups is 1. The normalized spacial score (nSPS) is 10.7. The molecule has 2 aromatic carbocycles. The highest BCUT2D eigenvalue weighted by molar-refractivity contribution is 5.91. The van der Waals surface area contributed by atoms with Crippen LogP contribution in [-0.2, 0) is 6.54 Å². The first-order valence-electron chi connectivity index (χ1n) is 9.66. The van der Waals surface area contributed by atoms with E-state index in [-0.39, 0.29) is 18.3 Å². The van der Waals surface area contributed by atoms with E-state index < -0.39 is 17.2 Å². The fourth-order valence-electron chi connectivity index (χ4n) is 2.99. The maximum absolute atomic E-state index is 13.2. The molecule has 0 atom stereocenters. The van der Waals surface area contributed by atoms with Crippen LogP contribution < -0.4 is 26.0 Å². The van der Waals surface area contributed by atoms with Gasteiger partial charge in [-0.15, -0.1) is 0 Å². The molecule has 3 aromatic rings. The van der Waals surface area contributed by atoms with Crippen molar-refractivity contribution in [3.8, 4) is 17.2 Å². The minimum Gasteiger partial charge on any atom is -0.497 e. The summed E-state index contributed by atoms with van der Waals surface area (Å²) in [6.07, 6.45) is 0. The van der Waals surface area contributed by atoms with Gasteiger partial charge in [-0.25, -0.2) is 4.79 Å². The molecule has 3 rings (SSSR count). The molecule has 9 nitrogen and oxygen atoms in total. The summed E-state index contributed by atoms with van der Waals surface area (Å²) in [4.78, 5) is 38.9. The van der Waals surface area contributed by atoms with E-state index in [9.17, 15) is 14.4 Å². The quantitative estimate of drug-likeness (QED) is 0.618. The monoisotopic (exact) mass is 424 g/mol. The van der Waals surface area contributed by atoms with Crippen molar-refractivity contribution in [2.24, 2.45) is 0 Å². The second-order valence-corrected chi connectivity index (χ2v) is 7.12. The lowest BCUT2D eigenvalue weighted by Crippen LogP contribution is -2.46. The average Bonchev–Trinajstić information content (AvgIpc) is 2.76. The third-order valence-corrected chi connectivity index (χ3v) is 4.47. The number of rotatable bonds is 7. The molecule has 1 amide bonds. The second-order valence-electron chi connectivity index (χ2n) is 7.12. The molecule has 0 bridgehead atoms. The second kappa shape index (κ2) is 9.29. The van der Waals surface area contributed by atoms with Crippen molar-refractivity contribution in [2.75, 3.05) is 14.2 Å².